The molecular formula is C10H16F3N5O. The molecule has 1 rings (SSSR count). The van der Waals surface area contributed by atoms with Crippen LogP contribution >= 0.6 is 0 Å². The summed E-state index contributed by atoms with van der Waals surface area (Å²) in [7, 11) is 1.45. The zero-order chi connectivity index (χ0) is 14.5. The number of ether oxygens (including phenoxy) is 1. The van der Waals surface area contributed by atoms with Crippen molar-refractivity contribution in [3.05, 3.63) is 0 Å². The van der Waals surface area contributed by atoms with Gasteiger partial charge in [-0.3, -0.25) is 0 Å². The number of nitrogen functional groups attached to an aromatic ring is 1. The summed E-state index contributed by atoms with van der Waals surface area (Å²) in [5.74, 6) is -0.0298. The third kappa shape index (κ3) is 5.58. The molecule has 1 aromatic rings. The second kappa shape index (κ2) is 6.39. The van der Waals surface area contributed by atoms with Gasteiger partial charge in [-0.05, 0) is 6.42 Å². The highest BCUT2D eigenvalue weighted by Gasteiger charge is 2.27. The fourth-order valence-corrected chi connectivity index (χ4v) is 1.18. The Morgan fingerprint density at radius 3 is 2.53 bits per heavy atom. The maximum absolute atomic E-state index is 12.1. The van der Waals surface area contributed by atoms with E-state index in [4.69, 9.17) is 10.5 Å². The van der Waals surface area contributed by atoms with E-state index in [1.165, 1.54) is 11.9 Å². The molecule has 0 fully saturated rings. The molecule has 1 heterocycles. The summed E-state index contributed by atoms with van der Waals surface area (Å²) in [5.41, 5.74) is 5.46. The fourth-order valence-electron chi connectivity index (χ4n) is 1.18. The fraction of sp³-hybridized carbons (Fsp3) is 0.700. The van der Waals surface area contributed by atoms with E-state index in [-0.39, 0.29) is 24.5 Å². The first-order chi connectivity index (χ1) is 8.81. The highest BCUT2D eigenvalue weighted by atomic mass is 19.4. The Labute approximate surface area is 108 Å². The number of rotatable bonds is 6. The van der Waals surface area contributed by atoms with E-state index in [1.807, 2.05) is 6.92 Å². The summed E-state index contributed by atoms with van der Waals surface area (Å²) in [6.45, 7) is 2.04. The lowest BCUT2D eigenvalue weighted by molar-refractivity contribution is -0.132. The lowest BCUT2D eigenvalue weighted by Crippen LogP contribution is -2.26. The van der Waals surface area contributed by atoms with E-state index < -0.39 is 12.6 Å². The predicted octanol–water partition coefficient (Wildman–Crippen LogP) is 1.63. The Morgan fingerprint density at radius 2 is 1.95 bits per heavy atom. The molecule has 108 valence electrons. The summed E-state index contributed by atoms with van der Waals surface area (Å²) < 4.78 is 41.6. The lowest BCUT2D eigenvalue weighted by atomic mass is 10.4. The van der Waals surface area contributed by atoms with E-state index >= 15 is 0 Å². The van der Waals surface area contributed by atoms with E-state index in [1.54, 1.807) is 0 Å². The van der Waals surface area contributed by atoms with E-state index in [9.17, 15) is 13.2 Å². The molecule has 0 atom stereocenters. The van der Waals surface area contributed by atoms with Gasteiger partial charge in [-0.15, -0.1) is 0 Å². The average molecular weight is 279 g/mol. The van der Waals surface area contributed by atoms with Crippen molar-refractivity contribution in [2.75, 3.05) is 30.8 Å². The molecular weight excluding hydrogens is 263 g/mol. The summed E-state index contributed by atoms with van der Waals surface area (Å²) in [6.07, 6.45) is -4.43. The number of hydrogen-bond donors (Lipinski definition) is 1. The smallest absolute Gasteiger partial charge is 0.390 e. The minimum atomic E-state index is -4.23. The van der Waals surface area contributed by atoms with E-state index in [0.717, 1.165) is 6.42 Å². The van der Waals surface area contributed by atoms with Crippen molar-refractivity contribution < 1.29 is 17.9 Å². The van der Waals surface area contributed by atoms with Gasteiger partial charge in [0.05, 0.1) is 13.0 Å². The van der Waals surface area contributed by atoms with Crippen LogP contribution in [0.5, 0.6) is 6.01 Å². The number of alkyl halides is 3. The summed E-state index contributed by atoms with van der Waals surface area (Å²) in [5, 5.41) is 0. The Morgan fingerprint density at radius 1 is 1.26 bits per heavy atom. The van der Waals surface area contributed by atoms with Crippen LogP contribution in [0.1, 0.15) is 19.8 Å². The van der Waals surface area contributed by atoms with Crippen LogP contribution in [0.2, 0.25) is 0 Å². The van der Waals surface area contributed by atoms with Crippen molar-refractivity contribution in [3.8, 4) is 6.01 Å². The van der Waals surface area contributed by atoms with Gasteiger partial charge in [-0.1, -0.05) is 6.92 Å². The second-order valence-electron chi connectivity index (χ2n) is 3.91. The summed E-state index contributed by atoms with van der Waals surface area (Å²) in [6, 6.07) is 0.0169. The van der Waals surface area contributed by atoms with E-state index in [0.29, 0.717) is 6.61 Å². The SMILES string of the molecule is CCCOc1nc(N)nc(N(C)CCC(F)(F)F)n1. The van der Waals surface area contributed by atoms with Gasteiger partial charge in [0, 0.05) is 13.6 Å². The van der Waals surface area contributed by atoms with Gasteiger partial charge in [0.15, 0.2) is 0 Å². The number of halogens is 3. The molecule has 1 aromatic heterocycles. The Kier molecular flexibility index (Phi) is 5.13. The van der Waals surface area contributed by atoms with Crippen molar-refractivity contribution in [2.24, 2.45) is 0 Å². The van der Waals surface area contributed by atoms with Gasteiger partial charge in [0.1, 0.15) is 0 Å². The number of nitrogens with zero attached hydrogens (tertiary/aromatic N) is 4. The first kappa shape index (κ1) is 15.3. The molecule has 0 radical (unpaired) electrons. The van der Waals surface area contributed by atoms with Crippen LogP contribution in [-0.4, -0.2) is 41.3 Å². The normalized spacial score (nSPS) is 11.4. The standard InChI is InChI=1S/C10H16F3N5O/c1-3-6-19-9-16-7(14)15-8(17-9)18(2)5-4-10(11,12)13/h3-6H2,1-2H3,(H2,14,15,16,17). The average Bonchev–Trinajstić information content (AvgIpc) is 2.31. The molecule has 0 saturated heterocycles. The third-order valence-corrected chi connectivity index (χ3v) is 2.13. The van der Waals surface area contributed by atoms with Crippen molar-refractivity contribution in [3.63, 3.8) is 0 Å². The van der Waals surface area contributed by atoms with Crippen molar-refractivity contribution in [1.29, 1.82) is 0 Å². The monoisotopic (exact) mass is 279 g/mol. The summed E-state index contributed by atoms with van der Waals surface area (Å²) >= 11 is 0. The van der Waals surface area contributed by atoms with Gasteiger partial charge < -0.3 is 15.4 Å². The zero-order valence-electron chi connectivity index (χ0n) is 10.7. The zero-order valence-corrected chi connectivity index (χ0v) is 10.7. The van der Waals surface area contributed by atoms with Gasteiger partial charge in [0.2, 0.25) is 11.9 Å². The molecule has 9 heteroatoms. The van der Waals surface area contributed by atoms with Crippen LogP contribution in [0, 0.1) is 0 Å². The molecule has 0 saturated carbocycles. The Bertz CT molecular complexity index is 413. The van der Waals surface area contributed by atoms with Crippen molar-refractivity contribution >= 4 is 11.9 Å². The molecule has 19 heavy (non-hydrogen) atoms. The molecule has 0 aliphatic rings. The number of aromatic nitrogens is 3. The predicted molar refractivity (Wildman–Crippen MR) is 64.0 cm³/mol. The van der Waals surface area contributed by atoms with E-state index in [2.05, 4.69) is 15.0 Å². The maximum Gasteiger partial charge on any atom is 0.390 e. The molecule has 0 aromatic carbocycles. The largest absolute Gasteiger partial charge is 0.463 e. The van der Waals surface area contributed by atoms with Crippen LogP contribution < -0.4 is 15.4 Å². The molecule has 0 spiro atoms. The Hall–Kier alpha value is -1.80. The van der Waals surface area contributed by atoms with Gasteiger partial charge in [-0.25, -0.2) is 0 Å². The minimum Gasteiger partial charge on any atom is -0.463 e. The molecule has 0 unspecified atom stereocenters. The summed E-state index contributed by atoms with van der Waals surface area (Å²) in [4.78, 5) is 12.7. The van der Waals surface area contributed by atoms with Crippen LogP contribution in [0.25, 0.3) is 0 Å². The number of anilines is 2. The first-order valence-corrected chi connectivity index (χ1v) is 5.74. The number of nitrogens with two attached hydrogens (primary N) is 1. The minimum absolute atomic E-state index is 0.0169. The second-order valence-corrected chi connectivity index (χ2v) is 3.91. The van der Waals surface area contributed by atoms with Crippen LogP contribution in [0.15, 0.2) is 0 Å². The van der Waals surface area contributed by atoms with Gasteiger partial charge in [0.25, 0.3) is 0 Å². The first-order valence-electron chi connectivity index (χ1n) is 5.74. The molecule has 6 nitrogen and oxygen atoms in total. The lowest BCUT2D eigenvalue weighted by Gasteiger charge is -2.18. The van der Waals surface area contributed by atoms with Crippen molar-refractivity contribution in [2.45, 2.75) is 25.9 Å². The number of hydrogen-bond acceptors (Lipinski definition) is 6. The van der Waals surface area contributed by atoms with Crippen LogP contribution in [0.3, 0.4) is 0 Å². The van der Waals surface area contributed by atoms with Gasteiger partial charge >= 0.3 is 12.2 Å². The molecule has 0 aliphatic heterocycles. The quantitative estimate of drug-likeness (QED) is 0.852. The maximum atomic E-state index is 12.1. The molecule has 0 bridgehead atoms. The molecule has 0 aliphatic carbocycles. The molecule has 2 N–H and O–H groups in total. The van der Waals surface area contributed by atoms with Crippen LogP contribution in [0.4, 0.5) is 25.1 Å². The van der Waals surface area contributed by atoms with Crippen LogP contribution in [-0.2, 0) is 0 Å². The third-order valence-electron chi connectivity index (χ3n) is 2.13. The van der Waals surface area contributed by atoms with Crippen molar-refractivity contribution in [1.82, 2.24) is 15.0 Å². The topological polar surface area (TPSA) is 77.2 Å². The Balaban J connectivity index is 2.73. The highest BCUT2D eigenvalue weighted by molar-refractivity contribution is 5.34. The highest BCUT2D eigenvalue weighted by Crippen LogP contribution is 2.21. The molecule has 0 amide bonds. The van der Waals surface area contributed by atoms with Gasteiger partial charge in [-0.2, -0.15) is 28.1 Å².